The first kappa shape index (κ1) is 14.7. The highest BCUT2D eigenvalue weighted by Gasteiger charge is 2.34. The van der Waals surface area contributed by atoms with Crippen molar-refractivity contribution in [2.24, 2.45) is 0 Å². The van der Waals surface area contributed by atoms with E-state index in [9.17, 15) is 9.90 Å². The van der Waals surface area contributed by atoms with E-state index in [1.807, 2.05) is 36.5 Å². The van der Waals surface area contributed by atoms with Crippen LogP contribution < -0.4 is 0 Å². The molecular formula is C18H20N2O2. The zero-order valence-electron chi connectivity index (χ0n) is 12.4. The molecule has 0 bridgehead atoms. The number of benzene rings is 1. The molecule has 2 atom stereocenters. The van der Waals surface area contributed by atoms with Gasteiger partial charge in [-0.25, -0.2) is 0 Å². The number of rotatable bonds is 4. The third-order valence-electron chi connectivity index (χ3n) is 4.28. The molecule has 4 nitrogen and oxygen atoms in total. The maximum Gasteiger partial charge on any atom is 0.320 e. The van der Waals surface area contributed by atoms with E-state index in [0.717, 1.165) is 30.5 Å². The van der Waals surface area contributed by atoms with Gasteiger partial charge in [-0.15, -0.1) is 0 Å². The normalized spacial score (nSPS) is 20.5. The molecule has 0 amide bonds. The van der Waals surface area contributed by atoms with Crippen molar-refractivity contribution in [2.75, 3.05) is 6.54 Å². The number of carboxylic acids is 1. The lowest BCUT2D eigenvalue weighted by molar-refractivity contribution is -0.145. The second-order valence-electron chi connectivity index (χ2n) is 5.69. The van der Waals surface area contributed by atoms with Gasteiger partial charge in [-0.1, -0.05) is 42.8 Å². The predicted molar refractivity (Wildman–Crippen MR) is 84.5 cm³/mol. The highest BCUT2D eigenvalue weighted by atomic mass is 16.4. The minimum Gasteiger partial charge on any atom is -0.480 e. The quantitative estimate of drug-likeness (QED) is 0.942. The zero-order valence-corrected chi connectivity index (χ0v) is 12.4. The molecule has 0 saturated carbocycles. The number of carbonyl (C=O) groups is 1. The summed E-state index contributed by atoms with van der Waals surface area (Å²) in [5.74, 6) is -0.732. The fourth-order valence-electron chi connectivity index (χ4n) is 3.28. The van der Waals surface area contributed by atoms with Gasteiger partial charge < -0.3 is 5.11 Å². The van der Waals surface area contributed by atoms with Crippen LogP contribution in [0.3, 0.4) is 0 Å². The molecule has 1 aliphatic heterocycles. The number of aliphatic carboxylic acids is 1. The molecule has 4 heteroatoms. The Labute approximate surface area is 130 Å². The average molecular weight is 296 g/mol. The lowest BCUT2D eigenvalue weighted by Gasteiger charge is -2.39. The second kappa shape index (κ2) is 6.71. The van der Waals surface area contributed by atoms with Crippen LogP contribution >= 0.6 is 0 Å². The highest BCUT2D eigenvalue weighted by Crippen LogP contribution is 2.33. The average Bonchev–Trinajstić information content (AvgIpc) is 2.57. The van der Waals surface area contributed by atoms with E-state index in [1.165, 1.54) is 0 Å². The van der Waals surface area contributed by atoms with Crippen LogP contribution in [0, 0.1) is 0 Å². The minimum atomic E-state index is -0.732. The molecule has 1 aliphatic rings. The summed E-state index contributed by atoms with van der Waals surface area (Å²) in [7, 11) is 0. The Bertz CT molecular complexity index is 576. The van der Waals surface area contributed by atoms with Gasteiger partial charge in [-0.05, 0) is 36.6 Å². The maximum atomic E-state index is 11.7. The van der Waals surface area contributed by atoms with Gasteiger partial charge in [0.05, 0.1) is 6.04 Å². The van der Waals surface area contributed by atoms with Crippen LogP contribution in [0.4, 0.5) is 0 Å². The SMILES string of the molecule is O=C(O)C1CCCCN1C(c1ccccc1)c1cccnc1. The molecule has 1 saturated heterocycles. The van der Waals surface area contributed by atoms with E-state index in [-0.39, 0.29) is 6.04 Å². The van der Waals surface area contributed by atoms with E-state index >= 15 is 0 Å². The fourth-order valence-corrected chi connectivity index (χ4v) is 3.28. The molecule has 0 aliphatic carbocycles. The van der Waals surface area contributed by atoms with Crippen molar-refractivity contribution < 1.29 is 9.90 Å². The van der Waals surface area contributed by atoms with Crippen LogP contribution in [0.15, 0.2) is 54.9 Å². The Morgan fingerprint density at radius 1 is 1.14 bits per heavy atom. The molecule has 0 radical (unpaired) electrons. The number of likely N-dealkylation sites (tertiary alicyclic amines) is 1. The molecule has 2 heterocycles. The molecule has 114 valence electrons. The van der Waals surface area contributed by atoms with Gasteiger partial charge >= 0.3 is 5.97 Å². The number of hydrogen-bond acceptors (Lipinski definition) is 3. The van der Waals surface area contributed by atoms with Gasteiger partial charge in [0.1, 0.15) is 6.04 Å². The summed E-state index contributed by atoms with van der Waals surface area (Å²) in [6.07, 6.45) is 6.30. The summed E-state index contributed by atoms with van der Waals surface area (Å²) < 4.78 is 0. The number of hydrogen-bond donors (Lipinski definition) is 1. The van der Waals surface area contributed by atoms with Gasteiger partial charge in [-0.2, -0.15) is 0 Å². The predicted octanol–water partition coefficient (Wildman–Crippen LogP) is 3.11. The third-order valence-corrected chi connectivity index (χ3v) is 4.28. The van der Waals surface area contributed by atoms with Crippen molar-refractivity contribution >= 4 is 5.97 Å². The monoisotopic (exact) mass is 296 g/mol. The summed E-state index contributed by atoms with van der Waals surface area (Å²) in [6, 6.07) is 13.5. The molecule has 1 N–H and O–H groups in total. The number of pyridine rings is 1. The van der Waals surface area contributed by atoms with Crippen LogP contribution in [0.25, 0.3) is 0 Å². The number of carboxylic acid groups (broad SMARTS) is 1. The first-order chi connectivity index (χ1) is 10.8. The van der Waals surface area contributed by atoms with Crippen LogP contribution in [-0.2, 0) is 4.79 Å². The lowest BCUT2D eigenvalue weighted by Crippen LogP contribution is -2.46. The van der Waals surface area contributed by atoms with Gasteiger partial charge in [-0.3, -0.25) is 14.7 Å². The van der Waals surface area contributed by atoms with Crippen LogP contribution in [0.5, 0.6) is 0 Å². The van der Waals surface area contributed by atoms with E-state index in [1.54, 1.807) is 6.20 Å². The summed E-state index contributed by atoms with van der Waals surface area (Å²) in [6.45, 7) is 0.797. The first-order valence-corrected chi connectivity index (χ1v) is 7.71. The van der Waals surface area contributed by atoms with Crippen molar-refractivity contribution in [2.45, 2.75) is 31.3 Å². The van der Waals surface area contributed by atoms with Crippen molar-refractivity contribution in [1.29, 1.82) is 0 Å². The van der Waals surface area contributed by atoms with Crippen molar-refractivity contribution in [1.82, 2.24) is 9.88 Å². The van der Waals surface area contributed by atoms with Crippen LogP contribution in [0.2, 0.25) is 0 Å². The van der Waals surface area contributed by atoms with Crippen molar-refractivity contribution in [3.8, 4) is 0 Å². The molecular weight excluding hydrogens is 276 g/mol. The smallest absolute Gasteiger partial charge is 0.320 e. The van der Waals surface area contributed by atoms with Crippen molar-refractivity contribution in [3.63, 3.8) is 0 Å². The molecule has 1 aromatic heterocycles. The Morgan fingerprint density at radius 3 is 2.59 bits per heavy atom. The molecule has 22 heavy (non-hydrogen) atoms. The maximum absolute atomic E-state index is 11.7. The Morgan fingerprint density at radius 2 is 1.91 bits per heavy atom. The summed E-state index contributed by atoms with van der Waals surface area (Å²) in [5, 5.41) is 9.59. The van der Waals surface area contributed by atoms with E-state index in [0.29, 0.717) is 6.42 Å². The summed E-state index contributed by atoms with van der Waals surface area (Å²) in [4.78, 5) is 18.0. The molecule has 1 fully saturated rings. The van der Waals surface area contributed by atoms with Crippen LogP contribution in [0.1, 0.15) is 36.4 Å². The number of piperidine rings is 1. The zero-order chi connectivity index (χ0) is 15.4. The minimum absolute atomic E-state index is 0.0590. The molecule has 2 unspecified atom stereocenters. The number of aromatic nitrogens is 1. The van der Waals surface area contributed by atoms with Gasteiger partial charge in [0.2, 0.25) is 0 Å². The largest absolute Gasteiger partial charge is 0.480 e. The highest BCUT2D eigenvalue weighted by molar-refractivity contribution is 5.73. The molecule has 1 aromatic carbocycles. The summed E-state index contributed by atoms with van der Waals surface area (Å²) >= 11 is 0. The Hall–Kier alpha value is -2.20. The molecule has 0 spiro atoms. The Kier molecular flexibility index (Phi) is 4.49. The van der Waals surface area contributed by atoms with E-state index in [2.05, 4.69) is 22.0 Å². The summed E-state index contributed by atoms with van der Waals surface area (Å²) in [5.41, 5.74) is 2.16. The lowest BCUT2D eigenvalue weighted by atomic mass is 9.92. The van der Waals surface area contributed by atoms with Gasteiger partial charge in [0.15, 0.2) is 0 Å². The standard InChI is InChI=1S/C18H20N2O2/c21-18(22)16-10-4-5-12-20(16)17(14-7-2-1-3-8-14)15-9-6-11-19-13-15/h1-3,6-9,11,13,16-17H,4-5,10,12H2,(H,21,22). The van der Waals surface area contributed by atoms with E-state index < -0.39 is 12.0 Å². The molecule has 2 aromatic rings. The second-order valence-corrected chi connectivity index (χ2v) is 5.69. The van der Waals surface area contributed by atoms with Crippen LogP contribution in [-0.4, -0.2) is 33.5 Å². The topological polar surface area (TPSA) is 53.4 Å². The van der Waals surface area contributed by atoms with Crippen molar-refractivity contribution in [3.05, 3.63) is 66.0 Å². The first-order valence-electron chi connectivity index (χ1n) is 7.71. The third kappa shape index (κ3) is 3.02. The van der Waals surface area contributed by atoms with Gasteiger partial charge in [0.25, 0.3) is 0 Å². The molecule has 3 rings (SSSR count). The van der Waals surface area contributed by atoms with E-state index in [4.69, 9.17) is 0 Å². The Balaban J connectivity index is 2.03. The fraction of sp³-hybridized carbons (Fsp3) is 0.333. The number of nitrogens with zero attached hydrogens (tertiary/aromatic N) is 2. The van der Waals surface area contributed by atoms with Gasteiger partial charge in [0, 0.05) is 12.4 Å².